The van der Waals surface area contributed by atoms with Crippen molar-refractivity contribution in [3.8, 4) is 5.75 Å². The van der Waals surface area contributed by atoms with Crippen molar-refractivity contribution in [2.75, 3.05) is 6.61 Å². The second-order valence-electron chi connectivity index (χ2n) is 2.75. The van der Waals surface area contributed by atoms with Crippen molar-refractivity contribution in [1.29, 1.82) is 0 Å². The number of hydrogen-bond acceptors (Lipinski definition) is 1. The lowest BCUT2D eigenvalue weighted by Gasteiger charge is -2.07. The highest BCUT2D eigenvalue weighted by Crippen LogP contribution is 2.22. The standard InChI is InChI=1S/C10H9Cl3O/c1-7-4-8(12)2-3-10(7)14-6-9(13)5-11/h2-5H,6H2,1H3/b9-5-. The Labute approximate surface area is 98.2 Å². The Bertz CT molecular complexity index is 347. The Morgan fingerprint density at radius 1 is 1.50 bits per heavy atom. The van der Waals surface area contributed by atoms with Gasteiger partial charge in [-0.3, -0.25) is 0 Å². The minimum absolute atomic E-state index is 0.271. The normalized spacial score (nSPS) is 11.6. The van der Waals surface area contributed by atoms with Crippen molar-refractivity contribution >= 4 is 34.8 Å². The van der Waals surface area contributed by atoms with Crippen LogP contribution in [0.15, 0.2) is 28.8 Å². The van der Waals surface area contributed by atoms with E-state index in [1.807, 2.05) is 13.0 Å². The Morgan fingerprint density at radius 3 is 2.79 bits per heavy atom. The van der Waals surface area contributed by atoms with Gasteiger partial charge in [0.1, 0.15) is 12.4 Å². The van der Waals surface area contributed by atoms with Crippen LogP contribution in [0.3, 0.4) is 0 Å². The van der Waals surface area contributed by atoms with Gasteiger partial charge in [-0.25, -0.2) is 0 Å². The fourth-order valence-electron chi connectivity index (χ4n) is 0.953. The first-order valence-electron chi connectivity index (χ1n) is 3.97. The second-order valence-corrected chi connectivity index (χ2v) is 3.89. The summed E-state index contributed by atoms with van der Waals surface area (Å²) in [6.45, 7) is 2.19. The molecule has 1 aromatic carbocycles. The van der Waals surface area contributed by atoms with E-state index in [1.54, 1.807) is 12.1 Å². The number of rotatable bonds is 3. The van der Waals surface area contributed by atoms with E-state index in [4.69, 9.17) is 39.5 Å². The molecular weight excluding hydrogens is 242 g/mol. The SMILES string of the molecule is Cc1cc(Cl)ccc1OC/C(Cl)=C/Cl. The number of hydrogen-bond donors (Lipinski definition) is 0. The molecular formula is C10H9Cl3O. The van der Waals surface area contributed by atoms with Gasteiger partial charge in [0.2, 0.25) is 0 Å². The van der Waals surface area contributed by atoms with Gasteiger partial charge in [-0.2, -0.15) is 0 Å². The molecule has 0 bridgehead atoms. The first kappa shape index (κ1) is 11.7. The van der Waals surface area contributed by atoms with Crippen molar-refractivity contribution in [2.45, 2.75) is 6.92 Å². The third-order valence-corrected chi connectivity index (χ3v) is 2.45. The molecule has 14 heavy (non-hydrogen) atoms. The van der Waals surface area contributed by atoms with Crippen LogP contribution in [-0.2, 0) is 0 Å². The van der Waals surface area contributed by atoms with Gasteiger partial charge < -0.3 is 4.74 Å². The van der Waals surface area contributed by atoms with Crippen LogP contribution in [0.5, 0.6) is 5.75 Å². The Balaban J connectivity index is 2.68. The maximum Gasteiger partial charge on any atom is 0.125 e. The number of ether oxygens (including phenoxy) is 1. The summed E-state index contributed by atoms with van der Waals surface area (Å²) in [6, 6.07) is 5.40. The van der Waals surface area contributed by atoms with Crippen LogP contribution < -0.4 is 4.74 Å². The van der Waals surface area contributed by atoms with Crippen LogP contribution in [0.2, 0.25) is 5.02 Å². The summed E-state index contributed by atoms with van der Waals surface area (Å²) in [6.07, 6.45) is 0. The molecule has 0 radical (unpaired) electrons. The molecule has 76 valence electrons. The van der Waals surface area contributed by atoms with Crippen LogP contribution in [0.1, 0.15) is 5.56 Å². The molecule has 0 N–H and O–H groups in total. The lowest BCUT2D eigenvalue weighted by Crippen LogP contribution is -1.98. The maximum atomic E-state index is 5.79. The Kier molecular flexibility index (Phi) is 4.59. The summed E-state index contributed by atoms with van der Waals surface area (Å²) in [7, 11) is 0. The monoisotopic (exact) mass is 250 g/mol. The summed E-state index contributed by atoms with van der Waals surface area (Å²) >= 11 is 16.9. The van der Waals surface area contributed by atoms with Crippen LogP contribution in [0, 0.1) is 6.92 Å². The second kappa shape index (κ2) is 5.50. The smallest absolute Gasteiger partial charge is 0.125 e. The van der Waals surface area contributed by atoms with E-state index in [-0.39, 0.29) is 6.61 Å². The largest absolute Gasteiger partial charge is 0.488 e. The van der Waals surface area contributed by atoms with Gasteiger partial charge in [0.15, 0.2) is 0 Å². The molecule has 0 heterocycles. The topological polar surface area (TPSA) is 9.23 Å². The molecule has 0 fully saturated rings. The third kappa shape index (κ3) is 3.41. The van der Waals surface area contributed by atoms with E-state index in [9.17, 15) is 0 Å². The molecule has 0 aliphatic heterocycles. The minimum atomic E-state index is 0.271. The first-order valence-corrected chi connectivity index (χ1v) is 5.16. The lowest BCUT2D eigenvalue weighted by atomic mass is 10.2. The molecule has 0 amide bonds. The van der Waals surface area contributed by atoms with E-state index in [0.717, 1.165) is 11.3 Å². The van der Waals surface area contributed by atoms with Crippen LogP contribution in [0.25, 0.3) is 0 Å². The van der Waals surface area contributed by atoms with Gasteiger partial charge in [0.25, 0.3) is 0 Å². The van der Waals surface area contributed by atoms with Gasteiger partial charge in [-0.05, 0) is 30.7 Å². The van der Waals surface area contributed by atoms with Crippen molar-refractivity contribution in [3.63, 3.8) is 0 Å². The highest BCUT2D eigenvalue weighted by Gasteiger charge is 2.00. The highest BCUT2D eigenvalue weighted by atomic mass is 35.5. The molecule has 0 spiro atoms. The fraction of sp³-hybridized carbons (Fsp3) is 0.200. The first-order chi connectivity index (χ1) is 6.63. The van der Waals surface area contributed by atoms with E-state index in [1.165, 1.54) is 5.54 Å². The van der Waals surface area contributed by atoms with Gasteiger partial charge in [-0.1, -0.05) is 34.8 Å². The predicted molar refractivity (Wildman–Crippen MR) is 61.5 cm³/mol. The molecule has 1 nitrogen and oxygen atoms in total. The summed E-state index contributed by atoms with van der Waals surface area (Å²) < 4.78 is 5.40. The zero-order chi connectivity index (χ0) is 10.6. The van der Waals surface area contributed by atoms with Crippen molar-refractivity contribution in [3.05, 3.63) is 39.4 Å². The zero-order valence-electron chi connectivity index (χ0n) is 7.56. The summed E-state index contributed by atoms with van der Waals surface area (Å²) in [5, 5.41) is 1.15. The molecule has 0 saturated carbocycles. The Morgan fingerprint density at radius 2 is 2.21 bits per heavy atom. The Hall–Kier alpha value is -0.370. The number of benzene rings is 1. The molecule has 1 aromatic rings. The van der Waals surface area contributed by atoms with Gasteiger partial charge >= 0.3 is 0 Å². The molecule has 0 aromatic heterocycles. The van der Waals surface area contributed by atoms with E-state index >= 15 is 0 Å². The summed E-state index contributed by atoms with van der Waals surface area (Å²) in [5.41, 5.74) is 2.25. The zero-order valence-corrected chi connectivity index (χ0v) is 9.83. The molecule has 0 unspecified atom stereocenters. The van der Waals surface area contributed by atoms with Crippen molar-refractivity contribution in [1.82, 2.24) is 0 Å². The lowest BCUT2D eigenvalue weighted by molar-refractivity contribution is 0.357. The quantitative estimate of drug-likeness (QED) is 0.776. The predicted octanol–water partition coefficient (Wildman–Crippen LogP) is 4.35. The van der Waals surface area contributed by atoms with Crippen LogP contribution in [0.4, 0.5) is 0 Å². The van der Waals surface area contributed by atoms with Gasteiger partial charge in [-0.15, -0.1) is 0 Å². The van der Waals surface area contributed by atoms with E-state index < -0.39 is 0 Å². The van der Waals surface area contributed by atoms with Crippen LogP contribution in [-0.4, -0.2) is 6.61 Å². The fourth-order valence-corrected chi connectivity index (χ4v) is 1.30. The summed E-state index contributed by atoms with van der Waals surface area (Å²) in [5.74, 6) is 0.756. The minimum Gasteiger partial charge on any atom is -0.488 e. The molecule has 4 heteroatoms. The summed E-state index contributed by atoms with van der Waals surface area (Å²) in [4.78, 5) is 0. The van der Waals surface area contributed by atoms with Crippen molar-refractivity contribution in [2.24, 2.45) is 0 Å². The van der Waals surface area contributed by atoms with Crippen molar-refractivity contribution < 1.29 is 4.74 Å². The molecule has 0 aliphatic rings. The molecule has 1 rings (SSSR count). The maximum absolute atomic E-state index is 5.79. The molecule has 0 atom stereocenters. The number of halogens is 3. The third-order valence-electron chi connectivity index (χ3n) is 1.62. The van der Waals surface area contributed by atoms with E-state index in [2.05, 4.69) is 0 Å². The molecule has 0 saturated heterocycles. The highest BCUT2D eigenvalue weighted by molar-refractivity contribution is 6.36. The molecule has 0 aliphatic carbocycles. The van der Waals surface area contributed by atoms with E-state index in [0.29, 0.717) is 10.1 Å². The van der Waals surface area contributed by atoms with Gasteiger partial charge in [0.05, 0.1) is 5.03 Å². The van der Waals surface area contributed by atoms with Gasteiger partial charge in [0, 0.05) is 10.6 Å². The average Bonchev–Trinajstić information content (AvgIpc) is 2.16. The average molecular weight is 252 g/mol. The number of aryl methyl sites for hydroxylation is 1. The van der Waals surface area contributed by atoms with Crippen LogP contribution >= 0.6 is 34.8 Å².